The van der Waals surface area contributed by atoms with Gasteiger partial charge in [0.1, 0.15) is 0 Å². The van der Waals surface area contributed by atoms with E-state index in [9.17, 15) is 9.59 Å². The second kappa shape index (κ2) is 8.52. The van der Waals surface area contributed by atoms with Gasteiger partial charge in [0.25, 0.3) is 0 Å². The maximum atomic E-state index is 13.1. The molecule has 1 aromatic heterocycles. The van der Waals surface area contributed by atoms with E-state index in [1.807, 2.05) is 29.2 Å². The molecule has 1 atom stereocenters. The van der Waals surface area contributed by atoms with Crippen molar-refractivity contribution >= 4 is 34.9 Å². The molecule has 2 heterocycles. The Morgan fingerprint density at radius 3 is 2.63 bits per heavy atom. The standard InChI is InChI=1S/C22H25ClN4O3/c1-14(28)26-10-12-27(13-11-26)21-19(8-9-20(25-21)30-2)24-22(29)17-7-6-16-15(17)4-3-5-18(16)23/h3-5,8-9,17H,6-7,10-13H2,1-2H3,(H,24,29). The number of carbonyl (C=O) groups is 2. The minimum Gasteiger partial charge on any atom is -0.481 e. The topological polar surface area (TPSA) is 74.8 Å². The molecule has 1 unspecified atom stereocenters. The van der Waals surface area contributed by atoms with Gasteiger partial charge in [0.05, 0.1) is 18.7 Å². The molecule has 4 rings (SSSR count). The van der Waals surface area contributed by atoms with Gasteiger partial charge in [-0.3, -0.25) is 9.59 Å². The second-order valence-corrected chi connectivity index (χ2v) is 8.01. The van der Waals surface area contributed by atoms with Crippen LogP contribution in [0.15, 0.2) is 30.3 Å². The first-order valence-electron chi connectivity index (χ1n) is 10.1. The van der Waals surface area contributed by atoms with E-state index >= 15 is 0 Å². The Bertz CT molecular complexity index is 973. The fourth-order valence-corrected chi connectivity index (χ4v) is 4.49. The highest BCUT2D eigenvalue weighted by molar-refractivity contribution is 6.31. The third-order valence-corrected chi connectivity index (χ3v) is 6.23. The highest BCUT2D eigenvalue weighted by Gasteiger charge is 2.31. The third-order valence-electron chi connectivity index (χ3n) is 5.87. The first-order chi connectivity index (χ1) is 14.5. The van der Waals surface area contributed by atoms with Gasteiger partial charge in [-0.2, -0.15) is 4.98 Å². The number of nitrogens with zero attached hydrogens (tertiary/aromatic N) is 3. The summed E-state index contributed by atoms with van der Waals surface area (Å²) in [5.74, 6) is 0.917. The summed E-state index contributed by atoms with van der Waals surface area (Å²) in [6.07, 6.45) is 1.54. The van der Waals surface area contributed by atoms with Gasteiger partial charge in [0.2, 0.25) is 17.7 Å². The molecule has 0 spiro atoms. The molecule has 1 N–H and O–H groups in total. The van der Waals surface area contributed by atoms with Crippen molar-refractivity contribution in [3.8, 4) is 5.88 Å². The number of piperazine rings is 1. The molecule has 0 radical (unpaired) electrons. The molecule has 0 bridgehead atoms. The molecule has 2 aliphatic rings. The molecule has 1 aromatic carbocycles. The lowest BCUT2D eigenvalue weighted by molar-refractivity contribution is -0.129. The smallest absolute Gasteiger partial charge is 0.232 e. The van der Waals surface area contributed by atoms with Gasteiger partial charge < -0.3 is 19.9 Å². The maximum Gasteiger partial charge on any atom is 0.232 e. The second-order valence-electron chi connectivity index (χ2n) is 7.61. The van der Waals surface area contributed by atoms with Crippen molar-refractivity contribution in [1.82, 2.24) is 9.88 Å². The van der Waals surface area contributed by atoms with Gasteiger partial charge in [-0.15, -0.1) is 0 Å². The number of nitrogens with one attached hydrogen (secondary N) is 1. The molecule has 158 valence electrons. The van der Waals surface area contributed by atoms with Crippen LogP contribution in [0.4, 0.5) is 11.5 Å². The van der Waals surface area contributed by atoms with Crippen LogP contribution in [0, 0.1) is 0 Å². The molecule has 30 heavy (non-hydrogen) atoms. The van der Waals surface area contributed by atoms with Crippen molar-refractivity contribution in [3.05, 3.63) is 46.5 Å². The molecule has 1 fully saturated rings. The number of pyridine rings is 1. The Balaban J connectivity index is 1.56. The van der Waals surface area contributed by atoms with Crippen LogP contribution in [-0.2, 0) is 16.0 Å². The maximum absolute atomic E-state index is 13.1. The van der Waals surface area contributed by atoms with Gasteiger partial charge in [-0.05, 0) is 36.1 Å². The molecule has 1 saturated heterocycles. The van der Waals surface area contributed by atoms with E-state index in [4.69, 9.17) is 16.3 Å². The fraction of sp³-hybridized carbons (Fsp3) is 0.409. The lowest BCUT2D eigenvalue weighted by Crippen LogP contribution is -2.48. The lowest BCUT2D eigenvalue weighted by Gasteiger charge is -2.35. The average Bonchev–Trinajstić information content (AvgIpc) is 3.20. The van der Waals surface area contributed by atoms with Crippen LogP contribution in [-0.4, -0.2) is 55.0 Å². The van der Waals surface area contributed by atoms with E-state index in [1.165, 1.54) is 0 Å². The summed E-state index contributed by atoms with van der Waals surface area (Å²) in [5.41, 5.74) is 2.71. The zero-order valence-corrected chi connectivity index (χ0v) is 17.9. The summed E-state index contributed by atoms with van der Waals surface area (Å²) >= 11 is 6.30. The molecule has 0 saturated carbocycles. The van der Waals surface area contributed by atoms with Crippen molar-refractivity contribution in [2.24, 2.45) is 0 Å². The number of amides is 2. The number of carbonyl (C=O) groups excluding carboxylic acids is 2. The molecule has 7 nitrogen and oxygen atoms in total. The van der Waals surface area contributed by atoms with Crippen molar-refractivity contribution < 1.29 is 14.3 Å². The number of hydrogen-bond acceptors (Lipinski definition) is 5. The van der Waals surface area contributed by atoms with Gasteiger partial charge in [-0.25, -0.2) is 0 Å². The third kappa shape index (κ3) is 3.94. The van der Waals surface area contributed by atoms with Gasteiger partial charge >= 0.3 is 0 Å². The normalized spacial score (nSPS) is 18.2. The molecular formula is C22H25ClN4O3. The van der Waals surface area contributed by atoms with Gasteiger partial charge in [0.15, 0.2) is 5.82 Å². The van der Waals surface area contributed by atoms with Crippen LogP contribution >= 0.6 is 11.6 Å². The number of halogens is 1. The predicted octanol–water partition coefficient (Wildman–Crippen LogP) is 3.08. The van der Waals surface area contributed by atoms with Crippen molar-refractivity contribution in [2.45, 2.75) is 25.7 Å². The molecule has 1 aliphatic carbocycles. The van der Waals surface area contributed by atoms with Crippen molar-refractivity contribution in [2.75, 3.05) is 43.5 Å². The van der Waals surface area contributed by atoms with E-state index < -0.39 is 0 Å². The van der Waals surface area contributed by atoms with Crippen LogP contribution < -0.4 is 15.0 Å². The van der Waals surface area contributed by atoms with Gasteiger partial charge in [0, 0.05) is 44.2 Å². The Morgan fingerprint density at radius 1 is 1.17 bits per heavy atom. The largest absolute Gasteiger partial charge is 0.481 e. The zero-order valence-electron chi connectivity index (χ0n) is 17.2. The minimum absolute atomic E-state index is 0.0633. The summed E-state index contributed by atoms with van der Waals surface area (Å²) in [7, 11) is 1.57. The minimum atomic E-state index is -0.233. The average molecular weight is 429 g/mol. The van der Waals surface area contributed by atoms with Crippen LogP contribution in [0.5, 0.6) is 5.88 Å². The van der Waals surface area contributed by atoms with Crippen LogP contribution in [0.25, 0.3) is 0 Å². The molecule has 2 amide bonds. The number of anilines is 2. The number of methoxy groups -OCH3 is 1. The first kappa shape index (κ1) is 20.5. The van der Waals surface area contributed by atoms with Crippen molar-refractivity contribution in [1.29, 1.82) is 0 Å². The molecule has 1 aliphatic heterocycles. The monoisotopic (exact) mass is 428 g/mol. The Hall–Kier alpha value is -2.80. The summed E-state index contributed by atoms with van der Waals surface area (Å²) in [6.45, 7) is 4.11. The SMILES string of the molecule is COc1ccc(NC(=O)C2CCc3c(Cl)cccc32)c(N2CCN(C(C)=O)CC2)n1. The summed E-state index contributed by atoms with van der Waals surface area (Å²) in [4.78, 5) is 33.2. The summed E-state index contributed by atoms with van der Waals surface area (Å²) in [6, 6.07) is 9.30. The van der Waals surface area contributed by atoms with Crippen LogP contribution in [0.1, 0.15) is 30.4 Å². The highest BCUT2D eigenvalue weighted by atomic mass is 35.5. The predicted molar refractivity (Wildman–Crippen MR) is 116 cm³/mol. The van der Waals surface area contributed by atoms with E-state index in [0.29, 0.717) is 43.6 Å². The fourth-order valence-electron chi connectivity index (χ4n) is 4.22. The summed E-state index contributed by atoms with van der Waals surface area (Å²) in [5, 5.41) is 3.79. The van der Waals surface area contributed by atoms with Crippen LogP contribution in [0.3, 0.4) is 0 Å². The number of aromatic nitrogens is 1. The highest BCUT2D eigenvalue weighted by Crippen LogP contribution is 2.38. The number of ether oxygens (including phenoxy) is 1. The Labute approximate surface area is 181 Å². The van der Waals surface area contributed by atoms with E-state index in [1.54, 1.807) is 20.1 Å². The molecular weight excluding hydrogens is 404 g/mol. The number of hydrogen-bond donors (Lipinski definition) is 1. The van der Waals surface area contributed by atoms with E-state index in [2.05, 4.69) is 15.2 Å². The molecule has 2 aromatic rings. The van der Waals surface area contributed by atoms with E-state index in [0.717, 1.165) is 29.0 Å². The Kier molecular flexibility index (Phi) is 5.81. The Morgan fingerprint density at radius 2 is 1.93 bits per heavy atom. The van der Waals surface area contributed by atoms with Crippen molar-refractivity contribution in [3.63, 3.8) is 0 Å². The van der Waals surface area contributed by atoms with Gasteiger partial charge in [-0.1, -0.05) is 23.7 Å². The zero-order chi connectivity index (χ0) is 21.3. The lowest BCUT2D eigenvalue weighted by atomic mass is 10.0. The first-order valence-corrected chi connectivity index (χ1v) is 10.5. The number of benzene rings is 1. The molecule has 8 heteroatoms. The van der Waals surface area contributed by atoms with E-state index in [-0.39, 0.29) is 17.7 Å². The van der Waals surface area contributed by atoms with Crippen LogP contribution in [0.2, 0.25) is 5.02 Å². The quantitative estimate of drug-likeness (QED) is 0.810. The number of fused-ring (bicyclic) bond motifs is 1. The number of rotatable bonds is 4. The summed E-state index contributed by atoms with van der Waals surface area (Å²) < 4.78 is 5.29.